The highest BCUT2D eigenvalue weighted by Gasteiger charge is 2.19. The van der Waals surface area contributed by atoms with Gasteiger partial charge < -0.3 is 9.46 Å². The smallest absolute Gasteiger partial charge is 0.338 e. The van der Waals surface area contributed by atoms with E-state index in [9.17, 15) is 4.79 Å². The number of hydrogen-bond donors (Lipinski definition) is 1. The van der Waals surface area contributed by atoms with Gasteiger partial charge in [-0.25, -0.2) is 4.79 Å². The molecule has 166 valence electrons. The minimum absolute atomic E-state index is 0.311. The minimum Gasteiger partial charge on any atom is -0.462 e. The summed E-state index contributed by atoms with van der Waals surface area (Å²) in [6.45, 7) is 2.11. The van der Waals surface area contributed by atoms with Gasteiger partial charge >= 0.3 is 5.97 Å². The molecule has 0 bridgehead atoms. The average molecular weight is 494 g/mol. The first kappa shape index (κ1) is 23.2. The van der Waals surface area contributed by atoms with Gasteiger partial charge in [-0.1, -0.05) is 83.9 Å². The second-order valence-corrected chi connectivity index (χ2v) is 8.87. The highest BCUT2D eigenvalue weighted by Crippen LogP contribution is 2.41. The maximum atomic E-state index is 12.7. The van der Waals surface area contributed by atoms with E-state index in [1.165, 1.54) is 11.9 Å². The Hall–Kier alpha value is -2.92. The SMILES string of the molecule is CCOC(=O)c1cc(-c2ccccc2)c(NSc2ccc(Cl)cc2Cl)c(-c2ccccc2)c1. The fourth-order valence-electron chi connectivity index (χ4n) is 3.44. The predicted molar refractivity (Wildman–Crippen MR) is 139 cm³/mol. The van der Waals surface area contributed by atoms with Crippen LogP contribution in [0.5, 0.6) is 0 Å². The Balaban J connectivity index is 1.88. The van der Waals surface area contributed by atoms with Crippen molar-refractivity contribution in [1.29, 1.82) is 0 Å². The van der Waals surface area contributed by atoms with Crippen molar-refractivity contribution < 1.29 is 9.53 Å². The molecule has 0 unspecified atom stereocenters. The molecule has 0 aliphatic rings. The molecule has 4 rings (SSSR count). The first-order chi connectivity index (χ1) is 16.1. The fourth-order valence-corrected chi connectivity index (χ4v) is 4.69. The van der Waals surface area contributed by atoms with Crippen molar-refractivity contribution in [3.8, 4) is 22.3 Å². The van der Waals surface area contributed by atoms with Crippen LogP contribution in [0.25, 0.3) is 22.3 Å². The van der Waals surface area contributed by atoms with Crippen LogP contribution in [0, 0.1) is 0 Å². The van der Waals surface area contributed by atoms with Gasteiger partial charge in [-0.15, -0.1) is 0 Å². The first-order valence-corrected chi connectivity index (χ1v) is 12.0. The van der Waals surface area contributed by atoms with Crippen LogP contribution < -0.4 is 4.72 Å². The third-order valence-corrected chi connectivity index (χ3v) is 6.52. The molecule has 0 saturated carbocycles. The number of carbonyl (C=O) groups is 1. The van der Waals surface area contributed by atoms with E-state index >= 15 is 0 Å². The maximum absolute atomic E-state index is 12.7. The van der Waals surface area contributed by atoms with Gasteiger partial charge in [-0.2, -0.15) is 0 Å². The standard InChI is InChI=1S/C27H21Cl2NO2S/c1-2-32-27(31)20-15-22(18-9-5-3-6-10-18)26(23(16-20)19-11-7-4-8-12-19)30-33-25-14-13-21(28)17-24(25)29/h3-17,30H,2H2,1H3. The van der Waals surface area contributed by atoms with Gasteiger partial charge in [0, 0.05) is 21.0 Å². The van der Waals surface area contributed by atoms with Crippen LogP contribution in [0.4, 0.5) is 5.69 Å². The van der Waals surface area contributed by atoms with E-state index in [1.807, 2.05) is 78.9 Å². The molecule has 0 spiro atoms. The maximum Gasteiger partial charge on any atom is 0.338 e. The van der Waals surface area contributed by atoms with Crippen LogP contribution in [0.3, 0.4) is 0 Å². The van der Waals surface area contributed by atoms with Crippen LogP contribution in [0.15, 0.2) is 95.9 Å². The Morgan fingerprint density at radius 1 is 0.848 bits per heavy atom. The molecule has 0 atom stereocenters. The van der Waals surface area contributed by atoms with Crippen LogP contribution in [-0.4, -0.2) is 12.6 Å². The second-order valence-electron chi connectivity index (χ2n) is 7.18. The highest BCUT2D eigenvalue weighted by atomic mass is 35.5. The molecular weight excluding hydrogens is 473 g/mol. The summed E-state index contributed by atoms with van der Waals surface area (Å²) in [6.07, 6.45) is 0. The van der Waals surface area contributed by atoms with Gasteiger partial charge in [-0.3, -0.25) is 0 Å². The average Bonchev–Trinajstić information content (AvgIpc) is 2.84. The number of carbonyl (C=O) groups excluding carboxylic acids is 1. The van der Waals surface area contributed by atoms with Crippen molar-refractivity contribution in [3.63, 3.8) is 0 Å². The second kappa shape index (κ2) is 10.8. The number of hydrogen-bond acceptors (Lipinski definition) is 4. The van der Waals surface area contributed by atoms with Gasteiger partial charge in [-0.05, 0) is 60.3 Å². The Morgan fingerprint density at radius 3 is 1.94 bits per heavy atom. The third-order valence-electron chi connectivity index (χ3n) is 4.98. The van der Waals surface area contributed by atoms with Crippen LogP contribution >= 0.6 is 35.1 Å². The lowest BCUT2D eigenvalue weighted by Gasteiger charge is -2.19. The van der Waals surface area contributed by atoms with Crippen LogP contribution in [-0.2, 0) is 4.74 Å². The summed E-state index contributed by atoms with van der Waals surface area (Å²) in [4.78, 5) is 13.5. The Morgan fingerprint density at radius 2 is 1.42 bits per heavy atom. The number of nitrogens with one attached hydrogen (secondary N) is 1. The number of benzene rings is 4. The molecule has 0 amide bonds. The predicted octanol–water partition coefficient (Wildman–Crippen LogP) is 8.62. The van der Waals surface area contributed by atoms with Crippen LogP contribution in [0.1, 0.15) is 17.3 Å². The molecule has 0 fully saturated rings. The van der Waals surface area contributed by atoms with Crippen molar-refractivity contribution >= 4 is 46.8 Å². The summed E-state index contributed by atoms with van der Waals surface area (Å²) in [5, 5.41) is 1.14. The molecule has 0 radical (unpaired) electrons. The van der Waals surface area contributed by atoms with E-state index in [4.69, 9.17) is 27.9 Å². The monoisotopic (exact) mass is 493 g/mol. The van der Waals surface area contributed by atoms with Crippen molar-refractivity contribution in [2.24, 2.45) is 0 Å². The van der Waals surface area contributed by atoms with Crippen molar-refractivity contribution in [2.45, 2.75) is 11.8 Å². The number of rotatable bonds is 7. The third kappa shape index (κ3) is 5.53. The van der Waals surface area contributed by atoms with E-state index in [0.717, 1.165) is 32.8 Å². The molecule has 3 nitrogen and oxygen atoms in total. The number of ether oxygens (including phenoxy) is 1. The summed E-state index contributed by atoms with van der Waals surface area (Å²) >= 11 is 13.9. The molecule has 33 heavy (non-hydrogen) atoms. The quantitative estimate of drug-likeness (QED) is 0.206. The zero-order chi connectivity index (χ0) is 23.2. The molecule has 0 heterocycles. The van der Waals surface area contributed by atoms with Gasteiger partial charge in [0.05, 0.1) is 22.9 Å². The Kier molecular flexibility index (Phi) is 7.61. The van der Waals surface area contributed by atoms with Gasteiger partial charge in [0.25, 0.3) is 0 Å². The molecule has 0 aliphatic carbocycles. The summed E-state index contributed by atoms with van der Waals surface area (Å²) in [5.74, 6) is -0.355. The van der Waals surface area contributed by atoms with Crippen molar-refractivity contribution in [1.82, 2.24) is 0 Å². The largest absolute Gasteiger partial charge is 0.462 e. The molecule has 4 aromatic rings. The Bertz CT molecular complexity index is 1200. The number of esters is 1. The number of halogens is 2. The summed E-state index contributed by atoms with van der Waals surface area (Å²) in [6, 6.07) is 29.0. The summed E-state index contributed by atoms with van der Waals surface area (Å²) in [7, 11) is 0. The molecule has 1 N–H and O–H groups in total. The molecule has 6 heteroatoms. The van der Waals surface area contributed by atoms with Gasteiger partial charge in [0.15, 0.2) is 0 Å². The summed E-state index contributed by atoms with van der Waals surface area (Å²) < 4.78 is 8.80. The number of anilines is 1. The van der Waals surface area contributed by atoms with Crippen molar-refractivity contribution in [3.05, 3.63) is 107 Å². The molecule has 0 saturated heterocycles. The van der Waals surface area contributed by atoms with E-state index in [1.54, 1.807) is 19.1 Å². The molecule has 0 aromatic heterocycles. The van der Waals surface area contributed by atoms with Gasteiger partial charge in [0.2, 0.25) is 0 Å². The summed E-state index contributed by atoms with van der Waals surface area (Å²) in [5.41, 5.74) is 5.10. The lowest BCUT2D eigenvalue weighted by molar-refractivity contribution is 0.0526. The van der Waals surface area contributed by atoms with E-state index in [-0.39, 0.29) is 5.97 Å². The normalized spacial score (nSPS) is 10.6. The molecule has 4 aromatic carbocycles. The molecule has 0 aliphatic heterocycles. The van der Waals surface area contributed by atoms with Crippen LogP contribution in [0.2, 0.25) is 10.0 Å². The zero-order valence-electron chi connectivity index (χ0n) is 17.8. The fraction of sp³-hybridized carbons (Fsp3) is 0.0741. The molecular formula is C27H21Cl2NO2S. The van der Waals surface area contributed by atoms with E-state index in [2.05, 4.69) is 4.72 Å². The topological polar surface area (TPSA) is 38.3 Å². The first-order valence-electron chi connectivity index (χ1n) is 10.4. The highest BCUT2D eigenvalue weighted by molar-refractivity contribution is 8.00. The lowest BCUT2D eigenvalue weighted by Crippen LogP contribution is -2.06. The van der Waals surface area contributed by atoms with Gasteiger partial charge in [0.1, 0.15) is 0 Å². The lowest BCUT2D eigenvalue weighted by atomic mass is 9.93. The van der Waals surface area contributed by atoms with E-state index < -0.39 is 0 Å². The Labute approximate surface area is 207 Å². The minimum atomic E-state index is -0.355. The zero-order valence-corrected chi connectivity index (χ0v) is 20.2. The van der Waals surface area contributed by atoms with E-state index in [0.29, 0.717) is 22.2 Å². The van der Waals surface area contributed by atoms with Crippen molar-refractivity contribution in [2.75, 3.05) is 11.3 Å².